The third kappa shape index (κ3) is 2.11. The first kappa shape index (κ1) is 11.9. The lowest BCUT2D eigenvalue weighted by atomic mass is 10.0. The number of nitrogens with zero attached hydrogens (tertiary/aromatic N) is 1. The van der Waals surface area contributed by atoms with Gasteiger partial charge in [0.15, 0.2) is 16.8 Å². The molecule has 0 saturated heterocycles. The van der Waals surface area contributed by atoms with E-state index < -0.39 is 0 Å². The lowest BCUT2D eigenvalue weighted by molar-refractivity contribution is 0.421. The lowest BCUT2D eigenvalue weighted by Gasteiger charge is -2.01. The van der Waals surface area contributed by atoms with Crippen LogP contribution in [0.4, 0.5) is 5.82 Å². The molecule has 3 aromatic rings. The van der Waals surface area contributed by atoms with Crippen LogP contribution in [0.15, 0.2) is 45.3 Å². The molecule has 19 heavy (non-hydrogen) atoms. The highest BCUT2D eigenvalue weighted by atomic mass is 35.5. The number of anilines is 1. The van der Waals surface area contributed by atoms with Crippen molar-refractivity contribution in [3.63, 3.8) is 0 Å². The van der Waals surface area contributed by atoms with E-state index in [-0.39, 0.29) is 0 Å². The average Bonchev–Trinajstić information content (AvgIpc) is 2.97. The summed E-state index contributed by atoms with van der Waals surface area (Å²) in [5.74, 6) is 1.31. The molecule has 0 aliphatic rings. The van der Waals surface area contributed by atoms with E-state index >= 15 is 0 Å². The predicted octanol–water partition coefficient (Wildman–Crippen LogP) is 4.15. The van der Waals surface area contributed by atoms with Crippen molar-refractivity contribution in [2.24, 2.45) is 0 Å². The molecule has 3 rings (SSSR count). The number of hydrogen-bond donors (Lipinski definition) is 1. The van der Waals surface area contributed by atoms with Crippen LogP contribution >= 0.6 is 11.6 Å². The lowest BCUT2D eigenvalue weighted by Crippen LogP contribution is -1.88. The second-order valence-electron chi connectivity index (χ2n) is 4.24. The standard InChI is InChI=1S/C14H11ClN2O2/c1-8-2-4-9(5-3-8)12-13(19-17-14(12)16)10-6-7-11(15)18-10/h2-7H,1H3,(H2,16,17). The Hall–Kier alpha value is -2.20. The molecule has 1 aromatic carbocycles. The summed E-state index contributed by atoms with van der Waals surface area (Å²) >= 11 is 5.78. The number of nitrogen functional groups attached to an aromatic ring is 1. The van der Waals surface area contributed by atoms with Crippen LogP contribution < -0.4 is 5.73 Å². The van der Waals surface area contributed by atoms with E-state index in [1.54, 1.807) is 12.1 Å². The maximum atomic E-state index is 5.88. The molecule has 0 atom stereocenters. The highest BCUT2D eigenvalue weighted by molar-refractivity contribution is 6.29. The Labute approximate surface area is 114 Å². The van der Waals surface area contributed by atoms with E-state index in [4.69, 9.17) is 26.3 Å². The van der Waals surface area contributed by atoms with Gasteiger partial charge >= 0.3 is 0 Å². The third-order valence-corrected chi connectivity index (χ3v) is 3.06. The Bertz CT molecular complexity index is 713. The first-order valence-corrected chi connectivity index (χ1v) is 6.11. The zero-order valence-corrected chi connectivity index (χ0v) is 10.9. The Balaban J connectivity index is 2.16. The maximum Gasteiger partial charge on any atom is 0.212 e. The second-order valence-corrected chi connectivity index (χ2v) is 4.61. The molecule has 5 heteroatoms. The van der Waals surface area contributed by atoms with Crippen LogP contribution in [0.1, 0.15) is 5.56 Å². The van der Waals surface area contributed by atoms with E-state index in [0.29, 0.717) is 28.1 Å². The first-order valence-electron chi connectivity index (χ1n) is 5.73. The zero-order chi connectivity index (χ0) is 13.4. The van der Waals surface area contributed by atoms with E-state index in [1.807, 2.05) is 31.2 Å². The summed E-state index contributed by atoms with van der Waals surface area (Å²) < 4.78 is 10.6. The molecule has 96 valence electrons. The van der Waals surface area contributed by atoms with Gasteiger partial charge < -0.3 is 14.7 Å². The molecule has 0 amide bonds. The van der Waals surface area contributed by atoms with Gasteiger partial charge in [-0.25, -0.2) is 0 Å². The molecule has 0 aliphatic carbocycles. The molecule has 0 aliphatic heterocycles. The predicted molar refractivity (Wildman–Crippen MR) is 73.8 cm³/mol. The van der Waals surface area contributed by atoms with Gasteiger partial charge in [-0.1, -0.05) is 35.0 Å². The zero-order valence-electron chi connectivity index (χ0n) is 10.2. The number of aromatic nitrogens is 1. The van der Waals surface area contributed by atoms with Gasteiger partial charge in [-0.15, -0.1) is 0 Å². The quantitative estimate of drug-likeness (QED) is 0.762. The van der Waals surface area contributed by atoms with Gasteiger partial charge in [0.05, 0.1) is 5.56 Å². The highest BCUT2D eigenvalue weighted by Gasteiger charge is 2.20. The Morgan fingerprint density at radius 1 is 1.11 bits per heavy atom. The van der Waals surface area contributed by atoms with Gasteiger partial charge in [-0.05, 0) is 36.2 Å². The molecule has 4 nitrogen and oxygen atoms in total. The molecule has 0 unspecified atom stereocenters. The van der Waals surface area contributed by atoms with Crippen molar-refractivity contribution in [3.8, 4) is 22.6 Å². The number of aryl methyl sites for hydroxylation is 1. The second kappa shape index (κ2) is 4.48. The number of furan rings is 1. The van der Waals surface area contributed by atoms with Crippen LogP contribution in [-0.4, -0.2) is 5.16 Å². The van der Waals surface area contributed by atoms with Crippen molar-refractivity contribution in [1.82, 2.24) is 5.16 Å². The minimum atomic E-state index is 0.292. The van der Waals surface area contributed by atoms with Crippen molar-refractivity contribution in [3.05, 3.63) is 47.2 Å². The molecule has 0 radical (unpaired) electrons. The van der Waals surface area contributed by atoms with Crippen LogP contribution in [-0.2, 0) is 0 Å². The fourth-order valence-electron chi connectivity index (χ4n) is 1.91. The van der Waals surface area contributed by atoms with Crippen molar-refractivity contribution in [1.29, 1.82) is 0 Å². The monoisotopic (exact) mass is 274 g/mol. The first-order chi connectivity index (χ1) is 9.15. The smallest absolute Gasteiger partial charge is 0.212 e. The van der Waals surface area contributed by atoms with Gasteiger partial charge in [0.1, 0.15) is 0 Å². The summed E-state index contributed by atoms with van der Waals surface area (Å²) in [6.45, 7) is 2.02. The van der Waals surface area contributed by atoms with E-state index in [2.05, 4.69) is 5.16 Å². The van der Waals surface area contributed by atoms with Crippen molar-refractivity contribution < 1.29 is 8.94 Å². The van der Waals surface area contributed by atoms with E-state index in [0.717, 1.165) is 5.56 Å². The van der Waals surface area contributed by atoms with Gasteiger partial charge in [0.25, 0.3) is 0 Å². The topological polar surface area (TPSA) is 65.2 Å². The van der Waals surface area contributed by atoms with Crippen molar-refractivity contribution in [2.75, 3.05) is 5.73 Å². The van der Waals surface area contributed by atoms with Gasteiger partial charge in [-0.2, -0.15) is 0 Å². The fourth-order valence-corrected chi connectivity index (χ4v) is 2.05. The third-order valence-electron chi connectivity index (χ3n) is 2.86. The summed E-state index contributed by atoms with van der Waals surface area (Å²) in [6, 6.07) is 11.3. The minimum absolute atomic E-state index is 0.292. The minimum Gasteiger partial charge on any atom is -0.441 e. The van der Waals surface area contributed by atoms with Crippen LogP contribution in [0.3, 0.4) is 0 Å². The SMILES string of the molecule is Cc1ccc(-c2c(N)noc2-c2ccc(Cl)o2)cc1. The van der Waals surface area contributed by atoms with Gasteiger partial charge in [-0.3, -0.25) is 0 Å². The average molecular weight is 275 g/mol. The van der Waals surface area contributed by atoms with Crippen LogP contribution in [0, 0.1) is 6.92 Å². The van der Waals surface area contributed by atoms with Crippen LogP contribution in [0.25, 0.3) is 22.6 Å². The summed E-state index contributed by atoms with van der Waals surface area (Å²) in [6.07, 6.45) is 0. The molecular formula is C14H11ClN2O2. The number of hydrogen-bond acceptors (Lipinski definition) is 4. The number of benzene rings is 1. The van der Waals surface area contributed by atoms with Crippen molar-refractivity contribution >= 4 is 17.4 Å². The largest absolute Gasteiger partial charge is 0.441 e. The summed E-state index contributed by atoms with van der Waals surface area (Å²) in [5.41, 5.74) is 8.68. The molecular weight excluding hydrogens is 264 g/mol. The Morgan fingerprint density at radius 3 is 2.47 bits per heavy atom. The molecule has 0 fully saturated rings. The summed E-state index contributed by atoms with van der Waals surface area (Å²) in [5, 5.41) is 4.09. The van der Waals surface area contributed by atoms with Crippen molar-refractivity contribution in [2.45, 2.75) is 6.92 Å². The van der Waals surface area contributed by atoms with Gasteiger partial charge in [0, 0.05) is 0 Å². The molecule has 0 spiro atoms. The summed E-state index contributed by atoms with van der Waals surface area (Å²) in [4.78, 5) is 0. The molecule has 2 N–H and O–H groups in total. The molecule has 2 heterocycles. The van der Waals surface area contributed by atoms with Crippen LogP contribution in [0.5, 0.6) is 0 Å². The molecule has 2 aromatic heterocycles. The Morgan fingerprint density at radius 2 is 1.84 bits per heavy atom. The van der Waals surface area contributed by atoms with E-state index in [1.165, 1.54) is 5.56 Å². The maximum absolute atomic E-state index is 5.88. The van der Waals surface area contributed by atoms with E-state index in [9.17, 15) is 0 Å². The number of rotatable bonds is 2. The van der Waals surface area contributed by atoms with Gasteiger partial charge in [0.2, 0.25) is 5.76 Å². The summed E-state index contributed by atoms with van der Waals surface area (Å²) in [7, 11) is 0. The molecule has 0 bridgehead atoms. The van der Waals surface area contributed by atoms with Crippen LogP contribution in [0.2, 0.25) is 5.22 Å². The Kier molecular flexibility index (Phi) is 2.80. The normalized spacial score (nSPS) is 10.8. The highest BCUT2D eigenvalue weighted by Crippen LogP contribution is 2.37. The fraction of sp³-hybridized carbons (Fsp3) is 0.0714. The number of nitrogens with two attached hydrogens (primary N) is 1. The number of halogens is 1. The molecule has 0 saturated carbocycles.